The Kier molecular flexibility index (Phi) is 3.41. The highest BCUT2D eigenvalue weighted by Crippen LogP contribution is 2.21. The fourth-order valence-corrected chi connectivity index (χ4v) is 1.11. The van der Waals surface area contributed by atoms with Crippen molar-refractivity contribution in [2.45, 2.75) is 12.6 Å². The number of H-pyrrole nitrogens is 1. The Balaban J connectivity index is 2.77. The molecule has 0 spiro atoms. The van der Waals surface area contributed by atoms with Crippen molar-refractivity contribution in [1.29, 1.82) is 0 Å². The summed E-state index contributed by atoms with van der Waals surface area (Å²) >= 11 is 0. The summed E-state index contributed by atoms with van der Waals surface area (Å²) in [5.41, 5.74) is 4.64. The van der Waals surface area contributed by atoms with Crippen LogP contribution < -0.4 is 16.2 Å². The summed E-state index contributed by atoms with van der Waals surface area (Å²) < 4.78 is 35.9. The minimum Gasteiger partial charge on any atom is -0.391 e. The number of nitrogens with two attached hydrogens (primary N) is 1. The van der Waals surface area contributed by atoms with Crippen LogP contribution in [0.25, 0.3) is 0 Å². The number of rotatable bonds is 3. The molecule has 0 aliphatic carbocycles. The summed E-state index contributed by atoms with van der Waals surface area (Å²) in [6.45, 7) is -0.301. The molecule has 0 radical (unpaired) electrons. The maximum absolute atomic E-state index is 12.0. The summed E-state index contributed by atoms with van der Waals surface area (Å²) in [6.07, 6.45) is -4.14. The molecule has 0 fully saturated rings. The van der Waals surface area contributed by atoms with E-state index < -0.39 is 18.2 Å². The van der Waals surface area contributed by atoms with Crippen LogP contribution in [0, 0.1) is 0 Å². The lowest BCUT2D eigenvalue weighted by Crippen LogP contribution is -2.28. The predicted molar refractivity (Wildman–Crippen MR) is 53.2 cm³/mol. The molecule has 8 heteroatoms. The van der Waals surface area contributed by atoms with Crippen molar-refractivity contribution in [1.82, 2.24) is 9.97 Å². The van der Waals surface area contributed by atoms with Gasteiger partial charge in [0.2, 0.25) is 0 Å². The van der Waals surface area contributed by atoms with E-state index in [9.17, 15) is 18.0 Å². The van der Waals surface area contributed by atoms with Crippen LogP contribution in [0.15, 0.2) is 11.1 Å². The first-order valence-corrected chi connectivity index (χ1v) is 4.42. The van der Waals surface area contributed by atoms with Crippen LogP contribution in [0.1, 0.15) is 6.42 Å². The second-order valence-corrected chi connectivity index (χ2v) is 3.26. The molecule has 3 N–H and O–H groups in total. The normalized spacial score (nSPS) is 11.5. The minimum absolute atomic E-state index is 0.0491. The molecule has 0 aliphatic rings. The Morgan fingerprint density at radius 2 is 2.19 bits per heavy atom. The van der Waals surface area contributed by atoms with E-state index >= 15 is 0 Å². The lowest BCUT2D eigenvalue weighted by Gasteiger charge is -2.19. The maximum Gasteiger partial charge on any atom is 0.390 e. The molecule has 90 valence electrons. The van der Waals surface area contributed by atoms with E-state index in [-0.39, 0.29) is 18.1 Å². The van der Waals surface area contributed by atoms with Gasteiger partial charge in [0.25, 0.3) is 5.56 Å². The molecule has 0 bridgehead atoms. The van der Waals surface area contributed by atoms with Gasteiger partial charge in [-0.25, -0.2) is 4.98 Å². The highest BCUT2D eigenvalue weighted by Gasteiger charge is 2.27. The maximum atomic E-state index is 12.0. The van der Waals surface area contributed by atoms with Gasteiger partial charge in [-0.3, -0.25) is 4.79 Å². The van der Waals surface area contributed by atoms with Crippen LogP contribution in [-0.4, -0.2) is 29.7 Å². The highest BCUT2D eigenvalue weighted by atomic mass is 19.4. The molecule has 1 aromatic rings. The number of alkyl halides is 3. The number of anilines is 2. The zero-order chi connectivity index (χ0) is 12.3. The fraction of sp³-hybridized carbons (Fsp3) is 0.500. The number of nitrogen functional groups attached to an aromatic ring is 1. The van der Waals surface area contributed by atoms with Crippen molar-refractivity contribution in [3.8, 4) is 0 Å². The third-order valence-electron chi connectivity index (χ3n) is 1.96. The van der Waals surface area contributed by atoms with Crippen LogP contribution in [0.2, 0.25) is 0 Å². The van der Waals surface area contributed by atoms with Crippen LogP contribution in [0.3, 0.4) is 0 Å². The summed E-state index contributed by atoms with van der Waals surface area (Å²) in [5, 5.41) is 0. The molecule has 5 nitrogen and oxygen atoms in total. The summed E-state index contributed by atoms with van der Waals surface area (Å²) in [5.74, 6) is 0.0491. The Labute approximate surface area is 89.1 Å². The van der Waals surface area contributed by atoms with Gasteiger partial charge in [-0.15, -0.1) is 0 Å². The van der Waals surface area contributed by atoms with Gasteiger partial charge < -0.3 is 15.6 Å². The van der Waals surface area contributed by atoms with Gasteiger partial charge in [0.15, 0.2) is 5.82 Å². The van der Waals surface area contributed by atoms with E-state index in [1.54, 1.807) is 0 Å². The van der Waals surface area contributed by atoms with Gasteiger partial charge in [0.1, 0.15) is 5.69 Å². The molecular weight excluding hydrogens is 225 g/mol. The van der Waals surface area contributed by atoms with E-state index in [2.05, 4.69) is 9.97 Å². The van der Waals surface area contributed by atoms with Gasteiger partial charge in [-0.05, 0) is 0 Å². The third-order valence-corrected chi connectivity index (χ3v) is 1.96. The third kappa shape index (κ3) is 3.14. The Bertz CT molecular complexity index is 414. The topological polar surface area (TPSA) is 75.0 Å². The van der Waals surface area contributed by atoms with Gasteiger partial charge in [-0.2, -0.15) is 13.2 Å². The van der Waals surface area contributed by atoms with Crippen molar-refractivity contribution in [2.24, 2.45) is 0 Å². The number of aromatic amines is 1. The van der Waals surface area contributed by atoms with Crippen molar-refractivity contribution in [2.75, 3.05) is 24.2 Å². The first-order valence-electron chi connectivity index (χ1n) is 4.42. The molecule has 1 aromatic heterocycles. The summed E-state index contributed by atoms with van der Waals surface area (Å²) in [4.78, 5) is 18.2. The molecule has 0 unspecified atom stereocenters. The van der Waals surface area contributed by atoms with Crippen LogP contribution in [-0.2, 0) is 0 Å². The Hall–Kier alpha value is -1.73. The van der Waals surface area contributed by atoms with Crippen molar-refractivity contribution >= 4 is 11.5 Å². The lowest BCUT2D eigenvalue weighted by molar-refractivity contribution is -0.132. The lowest BCUT2D eigenvalue weighted by atomic mass is 10.3. The number of hydrogen-bond acceptors (Lipinski definition) is 4. The average Bonchev–Trinajstić information content (AvgIpc) is 2.17. The number of nitrogens with one attached hydrogen (secondary N) is 1. The molecule has 0 amide bonds. The average molecular weight is 236 g/mol. The molecule has 16 heavy (non-hydrogen) atoms. The Morgan fingerprint density at radius 3 is 2.75 bits per heavy atom. The molecule has 1 heterocycles. The molecule has 0 aliphatic heterocycles. The molecule has 0 atom stereocenters. The number of hydrogen-bond donors (Lipinski definition) is 2. The van der Waals surface area contributed by atoms with E-state index in [1.807, 2.05) is 0 Å². The number of nitrogens with zero attached hydrogens (tertiary/aromatic N) is 2. The van der Waals surface area contributed by atoms with Crippen LogP contribution in [0.4, 0.5) is 24.7 Å². The number of aromatic nitrogens is 2. The van der Waals surface area contributed by atoms with E-state index in [0.29, 0.717) is 0 Å². The standard InChI is InChI=1S/C8H11F3N4O/c1-15(3-2-8(9,10)11)6-5(12)7(16)14-4-13-6/h4H,2-3,12H2,1H3,(H,13,14,16). The largest absolute Gasteiger partial charge is 0.391 e. The van der Waals surface area contributed by atoms with E-state index in [0.717, 1.165) is 6.33 Å². The monoisotopic (exact) mass is 236 g/mol. The van der Waals surface area contributed by atoms with Gasteiger partial charge in [0.05, 0.1) is 12.7 Å². The van der Waals surface area contributed by atoms with Crippen molar-refractivity contribution < 1.29 is 13.2 Å². The second-order valence-electron chi connectivity index (χ2n) is 3.26. The van der Waals surface area contributed by atoms with Crippen molar-refractivity contribution in [3.63, 3.8) is 0 Å². The molecule has 0 saturated heterocycles. The predicted octanol–water partition coefficient (Wildman–Crippen LogP) is 0.741. The van der Waals surface area contributed by atoms with E-state index in [4.69, 9.17) is 5.73 Å². The first-order chi connectivity index (χ1) is 7.31. The SMILES string of the molecule is CN(CCC(F)(F)F)c1nc[nH]c(=O)c1N. The highest BCUT2D eigenvalue weighted by molar-refractivity contribution is 5.60. The summed E-state index contributed by atoms with van der Waals surface area (Å²) in [6, 6.07) is 0. The molecular formula is C8H11F3N4O. The summed E-state index contributed by atoms with van der Waals surface area (Å²) in [7, 11) is 1.39. The van der Waals surface area contributed by atoms with Gasteiger partial charge in [0, 0.05) is 13.6 Å². The fourth-order valence-electron chi connectivity index (χ4n) is 1.11. The van der Waals surface area contributed by atoms with Gasteiger partial charge in [-0.1, -0.05) is 0 Å². The van der Waals surface area contributed by atoms with E-state index in [1.165, 1.54) is 11.9 Å². The zero-order valence-corrected chi connectivity index (χ0v) is 8.51. The first kappa shape index (κ1) is 12.3. The molecule has 0 saturated carbocycles. The zero-order valence-electron chi connectivity index (χ0n) is 8.51. The second kappa shape index (κ2) is 4.42. The van der Waals surface area contributed by atoms with Gasteiger partial charge >= 0.3 is 6.18 Å². The quantitative estimate of drug-likeness (QED) is 0.811. The van der Waals surface area contributed by atoms with Crippen molar-refractivity contribution in [3.05, 3.63) is 16.7 Å². The van der Waals surface area contributed by atoms with Crippen LogP contribution >= 0.6 is 0 Å². The number of halogens is 3. The smallest absolute Gasteiger partial charge is 0.390 e. The minimum atomic E-state index is -4.25. The Morgan fingerprint density at radius 1 is 1.56 bits per heavy atom. The molecule has 1 rings (SSSR count). The van der Waals surface area contributed by atoms with Crippen LogP contribution in [0.5, 0.6) is 0 Å². The molecule has 0 aromatic carbocycles.